The zero-order chi connectivity index (χ0) is 19.0. The molecule has 4 rings (SSSR count). The Balaban J connectivity index is 1.78. The largest absolute Gasteiger partial charge is 0.480 e. The highest BCUT2D eigenvalue weighted by molar-refractivity contribution is 7.09. The van der Waals surface area contributed by atoms with Crippen LogP contribution in [0.4, 0.5) is 0 Å². The number of aliphatic carboxylic acids is 1. The first-order valence-corrected chi connectivity index (χ1v) is 9.99. The topological polar surface area (TPSA) is 88.0 Å². The molecule has 0 radical (unpaired) electrons. The summed E-state index contributed by atoms with van der Waals surface area (Å²) < 4.78 is 0. The number of hydrogen-bond acceptors (Lipinski definition) is 6. The fraction of sp³-hybridized carbons (Fsp3) is 0.400. The highest BCUT2D eigenvalue weighted by atomic mass is 32.1. The molecule has 1 saturated heterocycles. The Bertz CT molecular complexity index is 960. The average Bonchev–Trinajstić information content (AvgIpc) is 3.29. The number of carboxylic acids is 1. The fourth-order valence-electron chi connectivity index (χ4n) is 4.07. The Labute approximate surface area is 161 Å². The smallest absolute Gasteiger partial charge is 0.323 e. The van der Waals surface area contributed by atoms with E-state index in [-0.39, 0.29) is 17.9 Å². The lowest BCUT2D eigenvalue weighted by molar-refractivity contribution is -0.145. The number of fused-ring (bicyclic) bond motifs is 1. The van der Waals surface area contributed by atoms with Gasteiger partial charge >= 0.3 is 5.97 Å². The molecule has 1 fully saturated rings. The van der Waals surface area contributed by atoms with E-state index in [1.165, 1.54) is 11.3 Å². The summed E-state index contributed by atoms with van der Waals surface area (Å²) in [5.41, 5.74) is 1.49. The van der Waals surface area contributed by atoms with Crippen LogP contribution in [0.3, 0.4) is 0 Å². The first kappa shape index (κ1) is 18.0. The van der Waals surface area contributed by atoms with Crippen molar-refractivity contribution in [1.29, 1.82) is 0 Å². The van der Waals surface area contributed by atoms with E-state index in [9.17, 15) is 9.90 Å². The fourth-order valence-corrected chi connectivity index (χ4v) is 4.83. The number of nitrogens with zero attached hydrogens (tertiary/aromatic N) is 3. The molecule has 2 N–H and O–H groups in total. The summed E-state index contributed by atoms with van der Waals surface area (Å²) >= 11 is 1.54. The van der Waals surface area contributed by atoms with E-state index in [0.717, 1.165) is 21.7 Å². The molecule has 1 aliphatic rings. The van der Waals surface area contributed by atoms with Crippen LogP contribution in [0, 0.1) is 5.92 Å². The van der Waals surface area contributed by atoms with Gasteiger partial charge in [0.1, 0.15) is 10.5 Å². The van der Waals surface area contributed by atoms with Gasteiger partial charge in [-0.3, -0.25) is 15.1 Å². The van der Waals surface area contributed by atoms with Crippen LogP contribution < -0.4 is 5.32 Å². The van der Waals surface area contributed by atoms with Crippen molar-refractivity contribution in [3.63, 3.8) is 0 Å². The Morgan fingerprint density at radius 2 is 2.11 bits per heavy atom. The second-order valence-corrected chi connectivity index (χ2v) is 8.50. The number of rotatable bonds is 5. The second-order valence-electron chi connectivity index (χ2n) is 7.57. The molecular weight excluding hydrogens is 360 g/mol. The van der Waals surface area contributed by atoms with E-state index in [1.54, 1.807) is 12.4 Å². The summed E-state index contributed by atoms with van der Waals surface area (Å²) in [4.78, 5) is 26.0. The van der Waals surface area contributed by atoms with E-state index in [0.29, 0.717) is 12.8 Å². The lowest BCUT2D eigenvalue weighted by Gasteiger charge is -2.27. The SMILES string of the molecule is CC(C)C[C@@]1(C(=O)O)C[C@H](c2cnc3ccccc3n2)[C@H](c2nccs2)N1. The van der Waals surface area contributed by atoms with Crippen molar-refractivity contribution in [2.45, 2.75) is 44.2 Å². The molecule has 1 aromatic carbocycles. The van der Waals surface area contributed by atoms with Gasteiger partial charge in [-0.2, -0.15) is 0 Å². The van der Waals surface area contributed by atoms with Gasteiger partial charge in [0, 0.05) is 23.7 Å². The molecule has 0 unspecified atom stereocenters. The van der Waals surface area contributed by atoms with Crippen molar-refractivity contribution >= 4 is 28.3 Å². The maximum atomic E-state index is 12.2. The van der Waals surface area contributed by atoms with E-state index < -0.39 is 11.5 Å². The lowest BCUT2D eigenvalue weighted by Crippen LogP contribution is -2.49. The van der Waals surface area contributed by atoms with Gasteiger partial charge in [-0.15, -0.1) is 11.3 Å². The number of nitrogens with one attached hydrogen (secondary N) is 1. The minimum atomic E-state index is -0.984. The number of carbonyl (C=O) groups is 1. The third kappa shape index (κ3) is 3.33. The maximum Gasteiger partial charge on any atom is 0.323 e. The van der Waals surface area contributed by atoms with Crippen LogP contribution in [-0.4, -0.2) is 31.6 Å². The van der Waals surface area contributed by atoms with Crippen LogP contribution in [0.25, 0.3) is 11.0 Å². The average molecular weight is 382 g/mol. The molecule has 2 aromatic heterocycles. The first-order valence-electron chi connectivity index (χ1n) is 9.11. The molecule has 0 aliphatic carbocycles. The molecule has 6 nitrogen and oxygen atoms in total. The molecule has 0 bridgehead atoms. The molecule has 0 amide bonds. The monoisotopic (exact) mass is 382 g/mol. The highest BCUT2D eigenvalue weighted by Crippen LogP contribution is 2.46. The molecule has 1 aliphatic heterocycles. The minimum Gasteiger partial charge on any atom is -0.480 e. The van der Waals surface area contributed by atoms with Crippen LogP contribution >= 0.6 is 11.3 Å². The standard InChI is InChI=1S/C20H22N4O2S/c1-12(2)9-20(19(25)26)10-13(17(24-20)18-21-7-8-27-18)16-11-22-14-5-3-4-6-15(14)23-16/h3-8,11-13,17,24H,9-10H2,1-2H3,(H,25,26)/t13-,17-,20+/m1/s1. The third-order valence-electron chi connectivity index (χ3n) is 5.13. The van der Waals surface area contributed by atoms with Gasteiger partial charge in [-0.25, -0.2) is 9.97 Å². The van der Waals surface area contributed by atoms with E-state index in [2.05, 4.69) is 15.3 Å². The summed E-state index contributed by atoms with van der Waals surface area (Å²) in [5.74, 6) is -0.649. The molecule has 7 heteroatoms. The number of para-hydroxylation sites is 2. The summed E-state index contributed by atoms with van der Waals surface area (Å²) in [7, 11) is 0. The summed E-state index contributed by atoms with van der Waals surface area (Å²) in [5, 5.41) is 16.3. The van der Waals surface area contributed by atoms with Gasteiger partial charge in [0.15, 0.2) is 0 Å². The number of thiazole rings is 1. The molecular formula is C20H22N4O2S. The van der Waals surface area contributed by atoms with E-state index >= 15 is 0 Å². The molecule has 140 valence electrons. The molecule has 3 atom stereocenters. The van der Waals surface area contributed by atoms with Crippen LogP contribution in [0.15, 0.2) is 42.0 Å². The second kappa shape index (κ2) is 6.98. The molecule has 3 aromatic rings. The van der Waals surface area contributed by atoms with E-state index in [1.807, 2.05) is 43.5 Å². The number of hydrogen-bond donors (Lipinski definition) is 2. The van der Waals surface area contributed by atoms with Gasteiger partial charge in [0.25, 0.3) is 0 Å². The number of aromatic nitrogens is 3. The van der Waals surface area contributed by atoms with Crippen LogP contribution in [0.1, 0.15) is 49.4 Å². The maximum absolute atomic E-state index is 12.2. The van der Waals surface area contributed by atoms with Gasteiger partial charge in [-0.05, 0) is 30.9 Å². The molecule has 3 heterocycles. The van der Waals surface area contributed by atoms with Crippen molar-refractivity contribution in [2.75, 3.05) is 0 Å². The lowest BCUT2D eigenvalue weighted by atomic mass is 9.83. The minimum absolute atomic E-state index is 0.0943. The van der Waals surface area contributed by atoms with Crippen LogP contribution in [-0.2, 0) is 4.79 Å². The Morgan fingerprint density at radius 1 is 1.33 bits per heavy atom. The zero-order valence-corrected chi connectivity index (χ0v) is 16.1. The normalized spacial score (nSPS) is 25.3. The molecule has 0 spiro atoms. The Hall–Kier alpha value is -2.38. The summed E-state index contributed by atoms with van der Waals surface area (Å²) in [6.45, 7) is 4.10. The Kier molecular flexibility index (Phi) is 4.65. The number of benzene rings is 1. The van der Waals surface area contributed by atoms with Gasteiger partial charge in [0.05, 0.1) is 22.8 Å². The van der Waals surface area contributed by atoms with Crippen molar-refractivity contribution in [3.8, 4) is 0 Å². The zero-order valence-electron chi connectivity index (χ0n) is 15.3. The third-order valence-corrected chi connectivity index (χ3v) is 5.99. The summed E-state index contributed by atoms with van der Waals surface area (Å²) in [6, 6.07) is 7.55. The Morgan fingerprint density at radius 3 is 2.78 bits per heavy atom. The van der Waals surface area contributed by atoms with Crippen molar-refractivity contribution < 1.29 is 9.90 Å². The van der Waals surface area contributed by atoms with Crippen LogP contribution in [0.5, 0.6) is 0 Å². The highest BCUT2D eigenvalue weighted by Gasteiger charge is 2.52. The van der Waals surface area contributed by atoms with Crippen molar-refractivity contribution in [2.24, 2.45) is 5.92 Å². The predicted molar refractivity (Wildman–Crippen MR) is 105 cm³/mol. The van der Waals surface area contributed by atoms with Crippen LogP contribution in [0.2, 0.25) is 0 Å². The van der Waals surface area contributed by atoms with Gasteiger partial charge in [0.2, 0.25) is 0 Å². The number of carboxylic acid groups (broad SMARTS) is 1. The van der Waals surface area contributed by atoms with Gasteiger partial charge in [-0.1, -0.05) is 26.0 Å². The molecule has 0 saturated carbocycles. The van der Waals surface area contributed by atoms with E-state index in [4.69, 9.17) is 4.98 Å². The quantitative estimate of drug-likeness (QED) is 0.698. The summed E-state index contributed by atoms with van der Waals surface area (Å²) in [6.07, 6.45) is 4.57. The van der Waals surface area contributed by atoms with Gasteiger partial charge < -0.3 is 5.11 Å². The predicted octanol–water partition coefficient (Wildman–Crippen LogP) is 3.77. The molecule has 27 heavy (non-hydrogen) atoms. The van der Waals surface area contributed by atoms with Crippen molar-refractivity contribution in [1.82, 2.24) is 20.3 Å². The van der Waals surface area contributed by atoms with Crippen molar-refractivity contribution in [3.05, 3.63) is 52.7 Å². The first-order chi connectivity index (χ1) is 13.0.